The number of amides is 1. The fourth-order valence-corrected chi connectivity index (χ4v) is 2.89. The molecule has 1 atom stereocenters. The molecule has 1 aliphatic rings. The molecule has 1 unspecified atom stereocenters. The van der Waals surface area contributed by atoms with Crippen molar-refractivity contribution >= 4 is 28.9 Å². The maximum Gasteiger partial charge on any atom is 0.278 e. The number of aliphatic imine (C=N–C) groups is 1. The predicted molar refractivity (Wildman–Crippen MR) is 86.6 cm³/mol. The Bertz CT molecular complexity index is 844. The van der Waals surface area contributed by atoms with E-state index in [1.807, 2.05) is 18.5 Å². The molecule has 0 aliphatic carbocycles. The fourth-order valence-electron chi connectivity index (χ4n) is 2.68. The summed E-state index contributed by atoms with van der Waals surface area (Å²) in [7, 11) is 3.40. The number of aryl methyl sites for hydroxylation is 1. The molecular weight excluding hydrogens is 321 g/mol. The second-order valence-electron chi connectivity index (χ2n) is 5.44. The zero-order valence-electron chi connectivity index (χ0n) is 12.8. The lowest BCUT2D eigenvalue weighted by atomic mass is 10.0. The summed E-state index contributed by atoms with van der Waals surface area (Å²) in [5.74, 6) is -1.14. The largest absolute Gasteiger partial charge is 0.364 e. The van der Waals surface area contributed by atoms with E-state index in [4.69, 9.17) is 11.6 Å². The first-order valence-electron chi connectivity index (χ1n) is 6.97. The van der Waals surface area contributed by atoms with E-state index in [0.717, 1.165) is 5.69 Å². The lowest BCUT2D eigenvalue weighted by Crippen LogP contribution is -2.34. The summed E-state index contributed by atoms with van der Waals surface area (Å²) in [6, 6.07) is 4.37. The molecule has 0 saturated carbocycles. The van der Waals surface area contributed by atoms with Crippen LogP contribution in [0, 0.1) is 12.7 Å². The molecule has 7 heteroatoms. The second kappa shape index (κ2) is 5.47. The highest BCUT2D eigenvalue weighted by Crippen LogP contribution is 2.33. The third kappa shape index (κ3) is 2.34. The minimum atomic E-state index is -1.56. The highest BCUT2D eigenvalue weighted by Gasteiger charge is 2.32. The van der Waals surface area contributed by atoms with Gasteiger partial charge in [-0.05, 0) is 13.0 Å². The summed E-state index contributed by atoms with van der Waals surface area (Å²) in [5, 5.41) is 9.96. The number of aliphatic hydroxyl groups excluding tert-OH is 1. The van der Waals surface area contributed by atoms with Crippen LogP contribution in [0.4, 0.5) is 10.1 Å². The number of halogens is 2. The van der Waals surface area contributed by atoms with Gasteiger partial charge in [0.1, 0.15) is 5.82 Å². The van der Waals surface area contributed by atoms with Gasteiger partial charge in [-0.1, -0.05) is 23.7 Å². The van der Waals surface area contributed by atoms with E-state index in [1.54, 1.807) is 19.3 Å². The summed E-state index contributed by atoms with van der Waals surface area (Å²) in [6.45, 7) is 1.86. The van der Waals surface area contributed by atoms with Crippen LogP contribution in [-0.2, 0) is 11.8 Å². The van der Waals surface area contributed by atoms with Crippen molar-refractivity contribution in [3.8, 4) is 0 Å². The van der Waals surface area contributed by atoms with Crippen LogP contribution in [0.15, 0.2) is 29.4 Å². The van der Waals surface area contributed by atoms with Gasteiger partial charge in [0.2, 0.25) is 6.23 Å². The Balaban J connectivity index is 2.35. The maximum absolute atomic E-state index is 13.8. The van der Waals surface area contributed by atoms with Gasteiger partial charge in [-0.15, -0.1) is 0 Å². The zero-order valence-corrected chi connectivity index (χ0v) is 13.6. The molecule has 0 fully saturated rings. The van der Waals surface area contributed by atoms with E-state index in [2.05, 4.69) is 4.99 Å². The summed E-state index contributed by atoms with van der Waals surface area (Å²) in [6.07, 6.45) is 0.204. The van der Waals surface area contributed by atoms with E-state index >= 15 is 0 Å². The fraction of sp³-hybridized carbons (Fsp3) is 0.250. The summed E-state index contributed by atoms with van der Waals surface area (Å²) >= 11 is 6.08. The van der Waals surface area contributed by atoms with Crippen LogP contribution >= 0.6 is 11.6 Å². The molecule has 2 aromatic rings. The van der Waals surface area contributed by atoms with Gasteiger partial charge >= 0.3 is 0 Å². The summed E-state index contributed by atoms with van der Waals surface area (Å²) < 4.78 is 15.7. The van der Waals surface area contributed by atoms with E-state index in [9.17, 15) is 14.3 Å². The smallest absolute Gasteiger partial charge is 0.278 e. The number of nitrogens with zero attached hydrogens (tertiary/aromatic N) is 3. The summed E-state index contributed by atoms with van der Waals surface area (Å²) in [5.41, 5.74) is 2.70. The molecule has 0 radical (unpaired) electrons. The standard InChI is InChI=1S/C16H15ClFN3O2/c1-8-12-11(7-20(8)2)21(3)16(23)15(22)19-14(12)9-5-4-6-10(18)13(9)17/h4-7,15,22H,1-3H3. The lowest BCUT2D eigenvalue weighted by Gasteiger charge is -2.15. The van der Waals surface area contributed by atoms with Crippen molar-refractivity contribution < 1.29 is 14.3 Å². The summed E-state index contributed by atoms with van der Waals surface area (Å²) in [4.78, 5) is 17.7. The Morgan fingerprint density at radius 1 is 1.35 bits per heavy atom. The molecule has 1 aromatic carbocycles. The topological polar surface area (TPSA) is 57.8 Å². The van der Waals surface area contributed by atoms with Crippen LogP contribution in [0.5, 0.6) is 0 Å². The molecule has 2 heterocycles. The molecule has 1 aliphatic heterocycles. The monoisotopic (exact) mass is 335 g/mol. The third-order valence-electron chi connectivity index (χ3n) is 4.07. The van der Waals surface area contributed by atoms with Crippen molar-refractivity contribution in [2.75, 3.05) is 11.9 Å². The van der Waals surface area contributed by atoms with Gasteiger partial charge in [0.05, 0.1) is 16.4 Å². The Labute approximate surface area is 137 Å². The van der Waals surface area contributed by atoms with Crippen LogP contribution in [0.1, 0.15) is 16.8 Å². The van der Waals surface area contributed by atoms with Crippen LogP contribution in [0.25, 0.3) is 0 Å². The van der Waals surface area contributed by atoms with Crippen LogP contribution < -0.4 is 4.90 Å². The molecule has 1 amide bonds. The molecule has 23 heavy (non-hydrogen) atoms. The minimum absolute atomic E-state index is 0.0929. The van der Waals surface area contributed by atoms with Gasteiger partial charge < -0.3 is 14.6 Å². The average molecular weight is 336 g/mol. The third-order valence-corrected chi connectivity index (χ3v) is 4.45. The number of hydrogen-bond acceptors (Lipinski definition) is 3. The SMILES string of the molecule is Cc1c2c(cn1C)N(C)C(=O)C(O)N=C2c1cccc(F)c1Cl. The molecule has 120 valence electrons. The van der Waals surface area contributed by atoms with Crippen molar-refractivity contribution in [3.63, 3.8) is 0 Å². The van der Waals surface area contributed by atoms with Crippen molar-refractivity contribution in [1.82, 2.24) is 4.57 Å². The number of hydrogen-bond donors (Lipinski definition) is 1. The first-order chi connectivity index (χ1) is 10.8. The average Bonchev–Trinajstić information content (AvgIpc) is 2.77. The van der Waals surface area contributed by atoms with E-state index in [1.165, 1.54) is 17.0 Å². The Hall–Kier alpha value is -2.18. The van der Waals surface area contributed by atoms with Crippen molar-refractivity contribution in [2.45, 2.75) is 13.2 Å². The Kier molecular flexibility index (Phi) is 3.74. The molecule has 0 saturated heterocycles. The highest BCUT2D eigenvalue weighted by atomic mass is 35.5. The Morgan fingerprint density at radius 2 is 2.04 bits per heavy atom. The minimum Gasteiger partial charge on any atom is -0.364 e. The van der Waals surface area contributed by atoms with Gasteiger partial charge in [0.25, 0.3) is 5.91 Å². The number of fused-ring (bicyclic) bond motifs is 1. The van der Waals surface area contributed by atoms with Crippen LogP contribution in [-0.4, -0.2) is 34.6 Å². The maximum atomic E-state index is 13.8. The van der Waals surface area contributed by atoms with Crippen molar-refractivity contribution in [2.24, 2.45) is 12.0 Å². The normalized spacial score (nSPS) is 17.8. The Morgan fingerprint density at radius 3 is 2.74 bits per heavy atom. The highest BCUT2D eigenvalue weighted by molar-refractivity contribution is 6.36. The van der Waals surface area contributed by atoms with Gasteiger partial charge in [-0.2, -0.15) is 0 Å². The number of benzene rings is 1. The number of likely N-dealkylation sites (N-methyl/N-ethyl adjacent to an activating group) is 1. The molecule has 5 nitrogen and oxygen atoms in total. The molecule has 1 N–H and O–H groups in total. The van der Waals surface area contributed by atoms with Gasteiger partial charge in [0.15, 0.2) is 0 Å². The van der Waals surface area contributed by atoms with E-state index in [0.29, 0.717) is 22.5 Å². The zero-order chi connectivity index (χ0) is 16.9. The number of carbonyl (C=O) groups excluding carboxylic acids is 1. The first-order valence-corrected chi connectivity index (χ1v) is 7.34. The predicted octanol–water partition coefficient (Wildman–Crippen LogP) is 2.26. The molecule has 3 rings (SSSR count). The van der Waals surface area contributed by atoms with E-state index in [-0.39, 0.29) is 5.02 Å². The number of rotatable bonds is 1. The van der Waals surface area contributed by atoms with Crippen molar-refractivity contribution in [3.05, 3.63) is 52.1 Å². The van der Waals surface area contributed by atoms with Crippen LogP contribution in [0.2, 0.25) is 5.02 Å². The van der Waals surface area contributed by atoms with E-state index < -0.39 is 18.0 Å². The molecule has 1 aromatic heterocycles. The van der Waals surface area contributed by atoms with Gasteiger partial charge in [-0.25, -0.2) is 9.38 Å². The molecular formula is C16H15ClFN3O2. The second-order valence-corrected chi connectivity index (χ2v) is 5.81. The van der Waals surface area contributed by atoms with Crippen molar-refractivity contribution in [1.29, 1.82) is 0 Å². The first kappa shape index (κ1) is 15.7. The molecule has 0 spiro atoms. The number of carbonyl (C=O) groups is 1. The van der Waals surface area contributed by atoms with Crippen LogP contribution in [0.3, 0.4) is 0 Å². The molecule has 0 bridgehead atoms. The number of aliphatic hydroxyl groups is 1. The van der Waals surface area contributed by atoms with Gasteiger partial charge in [0, 0.05) is 37.1 Å². The lowest BCUT2D eigenvalue weighted by molar-refractivity contribution is -0.125. The number of aromatic nitrogens is 1. The van der Waals surface area contributed by atoms with Gasteiger partial charge in [-0.3, -0.25) is 4.79 Å². The number of anilines is 1. The quantitative estimate of drug-likeness (QED) is 0.869.